The molecule has 0 aromatic rings. The minimum atomic E-state index is -4.44. The van der Waals surface area contributed by atoms with Crippen molar-refractivity contribution in [3.8, 4) is 0 Å². The van der Waals surface area contributed by atoms with Gasteiger partial charge in [0.2, 0.25) is 0 Å². The Morgan fingerprint density at radius 3 is 1.86 bits per heavy atom. The normalized spacial score (nSPS) is 12.0. The quantitative estimate of drug-likeness (QED) is 0.457. The number of hydrogen-bond donors (Lipinski definition) is 0. The van der Waals surface area contributed by atoms with Crippen molar-refractivity contribution in [1.29, 1.82) is 0 Å². The van der Waals surface area contributed by atoms with Crippen LogP contribution < -0.4 is 0 Å². The molecule has 0 aliphatic carbocycles. The van der Waals surface area contributed by atoms with E-state index in [0.717, 1.165) is 10.2 Å². The Bertz CT molecular complexity index is 51.4. The van der Waals surface area contributed by atoms with Gasteiger partial charge >= 0.3 is 6.36 Å². The molecular formula is C2H4F3OSi. The summed E-state index contributed by atoms with van der Waals surface area (Å²) >= 11 is 0. The highest BCUT2D eigenvalue weighted by molar-refractivity contribution is 6.08. The second-order valence-corrected chi connectivity index (χ2v) is 1.20. The predicted molar refractivity (Wildman–Crippen MR) is 20.6 cm³/mol. The smallest absolute Gasteiger partial charge is 0.296 e. The Kier molecular flexibility index (Phi) is 2.31. The Balaban J connectivity index is 3.15. The van der Waals surface area contributed by atoms with Gasteiger partial charge in [-0.2, -0.15) is 0 Å². The molecule has 0 aromatic carbocycles. The third-order valence-electron chi connectivity index (χ3n) is 0.266. The Labute approximate surface area is 41.9 Å². The van der Waals surface area contributed by atoms with Gasteiger partial charge in [-0.05, 0) is 0 Å². The van der Waals surface area contributed by atoms with Crippen LogP contribution in [0.2, 0.25) is 0 Å². The van der Waals surface area contributed by atoms with Crippen molar-refractivity contribution < 1.29 is 17.9 Å². The van der Waals surface area contributed by atoms with Gasteiger partial charge in [-0.1, -0.05) is 0 Å². The van der Waals surface area contributed by atoms with Gasteiger partial charge in [0.05, 0.1) is 0 Å². The maximum absolute atomic E-state index is 10.8. The van der Waals surface area contributed by atoms with E-state index in [1.807, 2.05) is 0 Å². The molecule has 0 unspecified atom stereocenters. The fraction of sp³-hybridized carbons (Fsp3) is 1.00. The molecule has 0 heterocycles. The number of ether oxygens (including phenoxy) is 1. The van der Waals surface area contributed by atoms with E-state index in [0.29, 0.717) is 0 Å². The van der Waals surface area contributed by atoms with Crippen molar-refractivity contribution in [2.75, 3.05) is 6.23 Å². The molecule has 0 amide bonds. The third-order valence-corrected chi connectivity index (χ3v) is 0.470. The molecule has 0 rings (SSSR count). The summed E-state index contributed by atoms with van der Waals surface area (Å²) in [7, 11) is 1.11. The van der Waals surface area contributed by atoms with Crippen LogP contribution in [0.4, 0.5) is 13.2 Å². The van der Waals surface area contributed by atoms with Gasteiger partial charge in [-0.25, -0.2) is 0 Å². The van der Waals surface area contributed by atoms with Crippen LogP contribution in [0.25, 0.3) is 0 Å². The second-order valence-electron chi connectivity index (χ2n) is 0.794. The molecule has 0 spiro atoms. The van der Waals surface area contributed by atoms with Crippen molar-refractivity contribution in [3.63, 3.8) is 0 Å². The summed E-state index contributed by atoms with van der Waals surface area (Å²) in [5.41, 5.74) is 0. The van der Waals surface area contributed by atoms with E-state index in [4.69, 9.17) is 0 Å². The van der Waals surface area contributed by atoms with E-state index < -0.39 is 6.36 Å². The molecule has 1 nitrogen and oxygen atoms in total. The Hall–Kier alpha value is -0.0331. The van der Waals surface area contributed by atoms with Crippen LogP contribution in [-0.2, 0) is 4.74 Å². The molecule has 0 saturated carbocycles. The molecule has 0 atom stereocenters. The molecule has 5 heteroatoms. The molecule has 1 radical (unpaired) electrons. The fourth-order valence-corrected chi connectivity index (χ4v) is 0.347. The van der Waals surface area contributed by atoms with E-state index in [1.165, 1.54) is 0 Å². The highest BCUT2D eigenvalue weighted by Crippen LogP contribution is 2.14. The molecular weight excluding hydrogens is 125 g/mol. The van der Waals surface area contributed by atoms with Crippen LogP contribution in [0.5, 0.6) is 0 Å². The maximum atomic E-state index is 10.8. The lowest BCUT2D eigenvalue weighted by Gasteiger charge is -2.01. The molecule has 0 bridgehead atoms. The van der Waals surface area contributed by atoms with Crippen molar-refractivity contribution in [3.05, 3.63) is 0 Å². The summed E-state index contributed by atoms with van der Waals surface area (Å²) in [5, 5.41) is 0. The summed E-state index contributed by atoms with van der Waals surface area (Å²) in [6, 6.07) is 0. The SMILES string of the molecule is FC(F)(F)OC[SiH2]. The predicted octanol–water partition coefficient (Wildman–Crippen LogP) is 0.113. The van der Waals surface area contributed by atoms with Gasteiger partial charge < -0.3 is 0 Å². The third kappa shape index (κ3) is 5.97. The van der Waals surface area contributed by atoms with Crippen molar-refractivity contribution in [1.82, 2.24) is 0 Å². The molecule has 0 aliphatic heterocycles. The van der Waals surface area contributed by atoms with Crippen LogP contribution in [0.1, 0.15) is 0 Å². The Morgan fingerprint density at radius 2 is 1.86 bits per heavy atom. The molecule has 43 valence electrons. The first kappa shape index (κ1) is 6.97. The molecule has 0 N–H and O–H groups in total. The monoisotopic (exact) mass is 129 g/mol. The minimum absolute atomic E-state index is 0.288. The Morgan fingerprint density at radius 1 is 1.43 bits per heavy atom. The van der Waals surface area contributed by atoms with E-state index >= 15 is 0 Å². The summed E-state index contributed by atoms with van der Waals surface area (Å²) < 4.78 is 35.8. The van der Waals surface area contributed by atoms with Crippen molar-refractivity contribution in [2.45, 2.75) is 6.36 Å². The lowest BCUT2D eigenvalue weighted by Crippen LogP contribution is -2.13. The summed E-state index contributed by atoms with van der Waals surface area (Å²) in [4.78, 5) is 0. The fourth-order valence-electron chi connectivity index (χ4n) is 0.116. The van der Waals surface area contributed by atoms with Crippen LogP contribution in [0.15, 0.2) is 0 Å². The molecule has 7 heavy (non-hydrogen) atoms. The van der Waals surface area contributed by atoms with Gasteiger partial charge in [-0.15, -0.1) is 13.2 Å². The second kappa shape index (κ2) is 2.32. The zero-order valence-corrected chi connectivity index (χ0v) is 4.87. The number of rotatable bonds is 1. The first-order chi connectivity index (χ1) is 3.06. The molecule has 0 aromatic heterocycles. The summed E-state index contributed by atoms with van der Waals surface area (Å²) in [5.74, 6) is 0. The summed E-state index contributed by atoms with van der Waals surface area (Å²) in [6.45, 7) is 0. The lowest BCUT2D eigenvalue weighted by molar-refractivity contribution is -0.316. The lowest BCUT2D eigenvalue weighted by atomic mass is 11.3. The number of halogens is 3. The minimum Gasteiger partial charge on any atom is -0.296 e. The van der Waals surface area contributed by atoms with Crippen molar-refractivity contribution >= 4 is 10.2 Å². The molecule has 0 saturated heterocycles. The maximum Gasteiger partial charge on any atom is 0.522 e. The van der Waals surface area contributed by atoms with Crippen LogP contribution >= 0.6 is 0 Å². The molecule has 0 aliphatic rings. The van der Waals surface area contributed by atoms with Crippen LogP contribution in [0, 0.1) is 0 Å². The van der Waals surface area contributed by atoms with Gasteiger partial charge in [0, 0.05) is 16.5 Å². The van der Waals surface area contributed by atoms with E-state index in [1.54, 1.807) is 0 Å². The number of hydrogen-bond acceptors (Lipinski definition) is 1. The van der Waals surface area contributed by atoms with E-state index in [-0.39, 0.29) is 6.23 Å². The highest BCUT2D eigenvalue weighted by atomic mass is 28.1. The van der Waals surface area contributed by atoms with Crippen molar-refractivity contribution in [2.24, 2.45) is 0 Å². The van der Waals surface area contributed by atoms with E-state index in [2.05, 4.69) is 4.74 Å². The summed E-state index contributed by atoms with van der Waals surface area (Å²) in [6.07, 6.45) is -4.73. The first-order valence-corrected chi connectivity index (χ1v) is 2.56. The zero-order chi connectivity index (χ0) is 5.91. The largest absolute Gasteiger partial charge is 0.522 e. The van der Waals surface area contributed by atoms with E-state index in [9.17, 15) is 13.2 Å². The standard InChI is InChI=1S/C2H4F3OSi/c3-2(4,5)6-1-7/h1,7H2. The molecule has 0 fully saturated rings. The topological polar surface area (TPSA) is 9.23 Å². The average molecular weight is 129 g/mol. The van der Waals surface area contributed by atoms with Crippen LogP contribution in [-0.4, -0.2) is 22.8 Å². The zero-order valence-electron chi connectivity index (χ0n) is 3.46. The first-order valence-electron chi connectivity index (χ1n) is 1.56. The van der Waals surface area contributed by atoms with Crippen LogP contribution in [0.3, 0.4) is 0 Å². The number of alkyl halides is 3. The van der Waals surface area contributed by atoms with Gasteiger partial charge in [0.15, 0.2) is 0 Å². The average Bonchev–Trinajstić information content (AvgIpc) is 1.30. The highest BCUT2D eigenvalue weighted by Gasteiger charge is 2.27. The van der Waals surface area contributed by atoms with Gasteiger partial charge in [0.1, 0.15) is 0 Å². The van der Waals surface area contributed by atoms with Gasteiger partial charge in [0.25, 0.3) is 0 Å². The van der Waals surface area contributed by atoms with Gasteiger partial charge in [-0.3, -0.25) is 4.74 Å².